The molecule has 2 rings (SSSR count). The number of aromatic nitrogens is 1. The Kier molecular flexibility index (Phi) is 2.68. The van der Waals surface area contributed by atoms with Gasteiger partial charge in [0.2, 0.25) is 0 Å². The third kappa shape index (κ3) is 2.24. The smallest absolute Gasteiger partial charge is 0.339 e. The highest BCUT2D eigenvalue weighted by atomic mass is 16.5. The molecular formula is C11H14N2O3. The van der Waals surface area contributed by atoms with Crippen molar-refractivity contribution in [3.8, 4) is 5.75 Å². The SMILES string of the molecule is CN(C)c1ncc(OC2CC2)cc1C(=O)O. The average Bonchev–Trinajstić information content (AvgIpc) is 3.01. The van der Waals surface area contributed by atoms with Gasteiger partial charge in [-0.25, -0.2) is 9.78 Å². The van der Waals surface area contributed by atoms with Crippen molar-refractivity contribution in [3.63, 3.8) is 0 Å². The van der Waals surface area contributed by atoms with Crippen LogP contribution in [-0.2, 0) is 0 Å². The van der Waals surface area contributed by atoms with Gasteiger partial charge in [0.05, 0.1) is 12.3 Å². The van der Waals surface area contributed by atoms with Crippen molar-refractivity contribution in [3.05, 3.63) is 17.8 Å². The fourth-order valence-corrected chi connectivity index (χ4v) is 1.39. The van der Waals surface area contributed by atoms with Crippen molar-refractivity contribution in [2.45, 2.75) is 18.9 Å². The number of nitrogens with zero attached hydrogens (tertiary/aromatic N) is 2. The molecule has 1 aliphatic carbocycles. The number of ether oxygens (including phenoxy) is 1. The number of pyridine rings is 1. The van der Waals surface area contributed by atoms with Gasteiger partial charge in [-0.15, -0.1) is 0 Å². The van der Waals surface area contributed by atoms with Crippen LogP contribution in [0.25, 0.3) is 0 Å². The minimum absolute atomic E-state index is 0.170. The molecule has 1 fully saturated rings. The monoisotopic (exact) mass is 222 g/mol. The van der Waals surface area contributed by atoms with Gasteiger partial charge in [-0.3, -0.25) is 0 Å². The van der Waals surface area contributed by atoms with E-state index in [1.165, 1.54) is 6.07 Å². The number of rotatable bonds is 4. The maximum atomic E-state index is 11.1. The summed E-state index contributed by atoms with van der Waals surface area (Å²) in [6.45, 7) is 0. The van der Waals surface area contributed by atoms with E-state index in [1.54, 1.807) is 25.2 Å². The number of carboxylic acids is 1. The van der Waals surface area contributed by atoms with Gasteiger partial charge in [0, 0.05) is 20.2 Å². The molecule has 0 bridgehead atoms. The topological polar surface area (TPSA) is 62.7 Å². The van der Waals surface area contributed by atoms with Crippen LogP contribution >= 0.6 is 0 Å². The lowest BCUT2D eigenvalue weighted by molar-refractivity contribution is 0.0696. The first-order valence-corrected chi connectivity index (χ1v) is 5.15. The Bertz CT molecular complexity index is 414. The van der Waals surface area contributed by atoms with E-state index in [0.29, 0.717) is 11.6 Å². The first-order valence-electron chi connectivity index (χ1n) is 5.15. The summed E-state index contributed by atoms with van der Waals surface area (Å²) in [5.74, 6) is -0.0152. The number of anilines is 1. The van der Waals surface area contributed by atoms with Crippen molar-refractivity contribution in [2.75, 3.05) is 19.0 Å². The minimum atomic E-state index is -0.988. The fourth-order valence-electron chi connectivity index (χ4n) is 1.39. The van der Waals surface area contributed by atoms with Gasteiger partial charge in [-0.1, -0.05) is 0 Å². The van der Waals surface area contributed by atoms with Gasteiger partial charge in [0.25, 0.3) is 0 Å². The summed E-state index contributed by atoms with van der Waals surface area (Å²) in [6.07, 6.45) is 3.89. The van der Waals surface area contributed by atoms with E-state index in [2.05, 4.69) is 4.98 Å². The molecule has 1 heterocycles. The van der Waals surface area contributed by atoms with Gasteiger partial charge in [0.15, 0.2) is 0 Å². The van der Waals surface area contributed by atoms with Crippen molar-refractivity contribution >= 4 is 11.8 Å². The largest absolute Gasteiger partial charge is 0.489 e. The summed E-state index contributed by atoms with van der Waals surface area (Å²) in [6, 6.07) is 1.53. The van der Waals surface area contributed by atoms with Gasteiger partial charge < -0.3 is 14.7 Å². The Hall–Kier alpha value is -1.78. The summed E-state index contributed by atoms with van der Waals surface area (Å²) in [5.41, 5.74) is 0.170. The number of carboxylic acid groups (broad SMARTS) is 1. The molecule has 0 saturated heterocycles. The summed E-state index contributed by atoms with van der Waals surface area (Å²) < 4.78 is 5.51. The second kappa shape index (κ2) is 4.00. The van der Waals surface area contributed by atoms with Crippen LogP contribution in [0, 0.1) is 0 Å². The number of aromatic carboxylic acids is 1. The maximum absolute atomic E-state index is 11.1. The average molecular weight is 222 g/mol. The maximum Gasteiger partial charge on any atom is 0.339 e. The zero-order chi connectivity index (χ0) is 11.7. The standard InChI is InChI=1S/C11H14N2O3/c1-13(2)10-9(11(14)15)5-8(6-12-10)16-7-3-4-7/h5-7H,3-4H2,1-2H3,(H,14,15). The molecule has 86 valence electrons. The van der Waals surface area contributed by atoms with E-state index in [0.717, 1.165) is 12.8 Å². The van der Waals surface area contributed by atoms with Gasteiger partial charge >= 0.3 is 5.97 Å². The third-order valence-corrected chi connectivity index (χ3v) is 2.32. The molecule has 16 heavy (non-hydrogen) atoms. The highest BCUT2D eigenvalue weighted by molar-refractivity contribution is 5.93. The number of hydrogen-bond acceptors (Lipinski definition) is 4. The Labute approximate surface area is 93.7 Å². The van der Waals surface area contributed by atoms with E-state index in [-0.39, 0.29) is 11.7 Å². The second-order valence-electron chi connectivity index (χ2n) is 4.06. The molecule has 1 saturated carbocycles. The van der Waals surface area contributed by atoms with Gasteiger partial charge in [-0.2, -0.15) is 0 Å². The fraction of sp³-hybridized carbons (Fsp3) is 0.455. The molecule has 0 aliphatic heterocycles. The molecular weight excluding hydrogens is 208 g/mol. The van der Waals surface area contributed by atoms with E-state index in [1.807, 2.05) is 0 Å². The van der Waals surface area contributed by atoms with Crippen LogP contribution in [0.2, 0.25) is 0 Å². The highest BCUT2D eigenvalue weighted by Crippen LogP contribution is 2.28. The molecule has 5 nitrogen and oxygen atoms in total. The molecule has 0 amide bonds. The lowest BCUT2D eigenvalue weighted by Crippen LogP contribution is -2.16. The third-order valence-electron chi connectivity index (χ3n) is 2.32. The van der Waals surface area contributed by atoms with Gasteiger partial charge in [-0.05, 0) is 12.8 Å². The Morgan fingerprint density at radius 3 is 2.75 bits per heavy atom. The molecule has 1 aromatic rings. The van der Waals surface area contributed by atoms with E-state index in [9.17, 15) is 4.79 Å². The molecule has 1 N–H and O–H groups in total. The molecule has 1 aromatic heterocycles. The van der Waals surface area contributed by atoms with Gasteiger partial charge in [0.1, 0.15) is 17.1 Å². The molecule has 1 aliphatic rings. The van der Waals surface area contributed by atoms with Crippen LogP contribution in [0.3, 0.4) is 0 Å². The Morgan fingerprint density at radius 1 is 1.56 bits per heavy atom. The molecule has 0 spiro atoms. The highest BCUT2D eigenvalue weighted by Gasteiger charge is 2.24. The zero-order valence-electron chi connectivity index (χ0n) is 9.30. The van der Waals surface area contributed by atoms with E-state index < -0.39 is 5.97 Å². The summed E-state index contributed by atoms with van der Waals surface area (Å²) >= 11 is 0. The van der Waals surface area contributed by atoms with Crippen LogP contribution in [0.15, 0.2) is 12.3 Å². The van der Waals surface area contributed by atoms with Crippen molar-refractivity contribution in [1.82, 2.24) is 4.98 Å². The first kappa shape index (κ1) is 10.7. The van der Waals surface area contributed by atoms with E-state index in [4.69, 9.17) is 9.84 Å². The van der Waals surface area contributed by atoms with Crippen LogP contribution < -0.4 is 9.64 Å². The molecule has 0 radical (unpaired) electrons. The lowest BCUT2D eigenvalue weighted by atomic mass is 10.2. The zero-order valence-corrected chi connectivity index (χ0v) is 9.30. The first-order chi connectivity index (χ1) is 7.58. The number of hydrogen-bond donors (Lipinski definition) is 1. The summed E-state index contributed by atoms with van der Waals surface area (Å²) in [5, 5.41) is 9.07. The summed E-state index contributed by atoms with van der Waals surface area (Å²) in [7, 11) is 3.52. The van der Waals surface area contributed by atoms with E-state index >= 15 is 0 Å². The minimum Gasteiger partial charge on any atom is -0.489 e. The predicted molar refractivity (Wildman–Crippen MR) is 59.2 cm³/mol. The quantitative estimate of drug-likeness (QED) is 0.834. The van der Waals surface area contributed by atoms with Crippen LogP contribution in [0.5, 0.6) is 5.75 Å². The van der Waals surface area contributed by atoms with Crippen molar-refractivity contribution in [1.29, 1.82) is 0 Å². The Morgan fingerprint density at radius 2 is 2.25 bits per heavy atom. The van der Waals surface area contributed by atoms with Crippen LogP contribution in [-0.4, -0.2) is 36.3 Å². The lowest BCUT2D eigenvalue weighted by Gasteiger charge is -2.15. The molecule has 0 atom stereocenters. The second-order valence-corrected chi connectivity index (χ2v) is 4.06. The Balaban J connectivity index is 2.30. The van der Waals surface area contributed by atoms with Crippen molar-refractivity contribution in [2.24, 2.45) is 0 Å². The normalized spacial score (nSPS) is 14.6. The summed E-state index contributed by atoms with van der Waals surface area (Å²) in [4.78, 5) is 16.8. The van der Waals surface area contributed by atoms with Crippen LogP contribution in [0.1, 0.15) is 23.2 Å². The molecule has 0 unspecified atom stereocenters. The van der Waals surface area contributed by atoms with Crippen LogP contribution in [0.4, 0.5) is 5.82 Å². The molecule has 0 aromatic carbocycles. The predicted octanol–water partition coefficient (Wildman–Crippen LogP) is 1.39. The molecule has 5 heteroatoms. The number of carbonyl (C=O) groups is 1. The van der Waals surface area contributed by atoms with Crippen molar-refractivity contribution < 1.29 is 14.6 Å².